The van der Waals surface area contributed by atoms with Gasteiger partial charge in [0.2, 0.25) is 0 Å². The van der Waals surface area contributed by atoms with Crippen molar-refractivity contribution in [2.45, 2.75) is 32.1 Å². The Hall–Kier alpha value is -1.49. The number of rotatable bonds is 4. The fraction of sp³-hybridized carbons (Fsp3) is 0.533. The highest BCUT2D eigenvalue weighted by atomic mass is 19.1. The summed E-state index contributed by atoms with van der Waals surface area (Å²) in [5.41, 5.74) is 5.78. The molecule has 0 atom stereocenters. The zero-order valence-corrected chi connectivity index (χ0v) is 11.4. The van der Waals surface area contributed by atoms with Crippen LogP contribution >= 0.6 is 0 Å². The maximum absolute atomic E-state index is 13.1. The molecule has 110 valence electrons. The largest absolute Gasteiger partial charge is 0.351 e. The fourth-order valence-electron chi connectivity index (χ4n) is 2.81. The van der Waals surface area contributed by atoms with Crippen LogP contribution in [-0.2, 0) is 0 Å². The number of benzene rings is 1. The quantitative estimate of drug-likeness (QED) is 0.892. The summed E-state index contributed by atoms with van der Waals surface area (Å²) in [7, 11) is 0. The van der Waals surface area contributed by atoms with Crippen LogP contribution in [0, 0.1) is 17.0 Å². The van der Waals surface area contributed by atoms with Gasteiger partial charge in [-0.1, -0.05) is 19.3 Å². The van der Waals surface area contributed by atoms with Crippen molar-refractivity contribution in [2.24, 2.45) is 11.1 Å². The number of hydrogen-bond donors (Lipinski definition) is 2. The summed E-state index contributed by atoms with van der Waals surface area (Å²) in [6.45, 7) is 0.977. The van der Waals surface area contributed by atoms with E-state index in [-0.39, 0.29) is 11.0 Å². The summed E-state index contributed by atoms with van der Waals surface area (Å²) >= 11 is 0. The summed E-state index contributed by atoms with van der Waals surface area (Å²) < 4.78 is 26.2. The smallest absolute Gasteiger partial charge is 0.251 e. The van der Waals surface area contributed by atoms with Gasteiger partial charge in [0.25, 0.3) is 5.91 Å². The number of amides is 1. The Morgan fingerprint density at radius 3 is 2.30 bits per heavy atom. The molecule has 0 aliphatic heterocycles. The Morgan fingerprint density at radius 1 is 1.15 bits per heavy atom. The van der Waals surface area contributed by atoms with Gasteiger partial charge in [-0.25, -0.2) is 8.78 Å². The number of halogens is 2. The molecule has 1 amide bonds. The van der Waals surface area contributed by atoms with Crippen LogP contribution in [0.5, 0.6) is 0 Å². The summed E-state index contributed by atoms with van der Waals surface area (Å²) in [4.78, 5) is 12.0. The zero-order chi connectivity index (χ0) is 14.6. The third kappa shape index (κ3) is 3.54. The predicted octanol–water partition coefficient (Wildman–Crippen LogP) is 2.60. The van der Waals surface area contributed by atoms with E-state index in [0.717, 1.165) is 43.9 Å². The standard InChI is InChI=1S/C15H20F2N2O/c16-12-6-11(7-13(17)8-12)14(20)19-10-15(9-18)4-2-1-3-5-15/h6-8H,1-5,9-10,18H2,(H,19,20). The van der Waals surface area contributed by atoms with Crippen molar-refractivity contribution in [1.82, 2.24) is 5.32 Å². The van der Waals surface area contributed by atoms with Crippen molar-refractivity contribution in [2.75, 3.05) is 13.1 Å². The fourth-order valence-corrected chi connectivity index (χ4v) is 2.81. The van der Waals surface area contributed by atoms with E-state index < -0.39 is 17.5 Å². The lowest BCUT2D eigenvalue weighted by atomic mass is 9.74. The molecule has 0 unspecified atom stereocenters. The molecular weight excluding hydrogens is 262 g/mol. The van der Waals surface area contributed by atoms with Gasteiger partial charge in [0.05, 0.1) is 0 Å². The SMILES string of the molecule is NCC1(CNC(=O)c2cc(F)cc(F)c2)CCCCC1. The van der Waals surface area contributed by atoms with Gasteiger partial charge in [0, 0.05) is 18.2 Å². The first-order valence-electron chi connectivity index (χ1n) is 6.99. The first-order valence-corrected chi connectivity index (χ1v) is 6.99. The minimum atomic E-state index is -0.749. The van der Waals surface area contributed by atoms with E-state index in [1.165, 1.54) is 6.42 Å². The topological polar surface area (TPSA) is 55.1 Å². The second-order valence-corrected chi connectivity index (χ2v) is 5.61. The molecule has 3 N–H and O–H groups in total. The highest BCUT2D eigenvalue weighted by Gasteiger charge is 2.31. The molecule has 1 saturated carbocycles. The van der Waals surface area contributed by atoms with Gasteiger partial charge < -0.3 is 11.1 Å². The zero-order valence-electron chi connectivity index (χ0n) is 11.4. The van der Waals surface area contributed by atoms with E-state index in [1.807, 2.05) is 0 Å². The maximum Gasteiger partial charge on any atom is 0.251 e. The van der Waals surface area contributed by atoms with Gasteiger partial charge in [-0.2, -0.15) is 0 Å². The summed E-state index contributed by atoms with van der Waals surface area (Å²) in [5, 5.41) is 2.76. The molecule has 1 aromatic rings. The minimum absolute atomic E-state index is 0.00507. The molecule has 3 nitrogen and oxygen atoms in total. The van der Waals surface area contributed by atoms with Crippen LogP contribution in [-0.4, -0.2) is 19.0 Å². The first kappa shape index (κ1) is 14.9. The molecule has 0 radical (unpaired) electrons. The van der Waals surface area contributed by atoms with Crippen LogP contribution < -0.4 is 11.1 Å². The van der Waals surface area contributed by atoms with E-state index in [4.69, 9.17) is 5.73 Å². The van der Waals surface area contributed by atoms with Gasteiger partial charge in [0.1, 0.15) is 11.6 Å². The number of hydrogen-bond acceptors (Lipinski definition) is 2. The molecule has 5 heteroatoms. The monoisotopic (exact) mass is 282 g/mol. The minimum Gasteiger partial charge on any atom is -0.351 e. The molecule has 1 aliphatic rings. The van der Waals surface area contributed by atoms with Crippen LogP contribution in [0.25, 0.3) is 0 Å². The highest BCUT2D eigenvalue weighted by molar-refractivity contribution is 5.94. The van der Waals surface area contributed by atoms with E-state index in [1.54, 1.807) is 0 Å². The van der Waals surface area contributed by atoms with Gasteiger partial charge >= 0.3 is 0 Å². The van der Waals surface area contributed by atoms with Crippen molar-refractivity contribution in [3.63, 3.8) is 0 Å². The first-order chi connectivity index (χ1) is 9.54. The Labute approximate surface area is 117 Å². The van der Waals surface area contributed by atoms with Crippen molar-refractivity contribution in [1.29, 1.82) is 0 Å². The third-order valence-corrected chi connectivity index (χ3v) is 4.10. The van der Waals surface area contributed by atoms with Crippen LogP contribution in [0.15, 0.2) is 18.2 Å². The lowest BCUT2D eigenvalue weighted by molar-refractivity contribution is 0.0913. The highest BCUT2D eigenvalue weighted by Crippen LogP contribution is 2.34. The molecule has 0 saturated heterocycles. The van der Waals surface area contributed by atoms with Gasteiger partial charge in [-0.15, -0.1) is 0 Å². The number of nitrogens with two attached hydrogens (primary N) is 1. The van der Waals surface area contributed by atoms with E-state index in [0.29, 0.717) is 13.1 Å². The van der Waals surface area contributed by atoms with Gasteiger partial charge in [0.15, 0.2) is 0 Å². The molecule has 0 heterocycles. The van der Waals surface area contributed by atoms with E-state index in [2.05, 4.69) is 5.32 Å². The molecule has 20 heavy (non-hydrogen) atoms. The third-order valence-electron chi connectivity index (χ3n) is 4.10. The Balaban J connectivity index is 2.00. The van der Waals surface area contributed by atoms with Gasteiger partial charge in [-0.3, -0.25) is 4.79 Å². The van der Waals surface area contributed by atoms with Gasteiger partial charge in [-0.05, 0) is 36.9 Å². The maximum atomic E-state index is 13.1. The molecule has 1 aromatic carbocycles. The molecule has 0 spiro atoms. The molecule has 0 aromatic heterocycles. The Bertz CT molecular complexity index is 465. The van der Waals surface area contributed by atoms with Crippen LogP contribution in [0.2, 0.25) is 0 Å². The average molecular weight is 282 g/mol. The lowest BCUT2D eigenvalue weighted by Crippen LogP contribution is -2.43. The Morgan fingerprint density at radius 2 is 1.75 bits per heavy atom. The molecular formula is C15H20F2N2O. The van der Waals surface area contributed by atoms with Crippen LogP contribution in [0.1, 0.15) is 42.5 Å². The van der Waals surface area contributed by atoms with Crippen LogP contribution in [0.4, 0.5) is 8.78 Å². The molecule has 0 bridgehead atoms. The van der Waals surface area contributed by atoms with Crippen molar-refractivity contribution >= 4 is 5.91 Å². The number of nitrogens with one attached hydrogen (secondary N) is 1. The average Bonchev–Trinajstić information content (AvgIpc) is 2.45. The second kappa shape index (κ2) is 6.31. The van der Waals surface area contributed by atoms with Crippen molar-refractivity contribution in [3.8, 4) is 0 Å². The number of carbonyl (C=O) groups is 1. The molecule has 2 rings (SSSR count). The summed E-state index contributed by atoms with van der Waals surface area (Å²) in [6, 6.07) is 2.82. The Kier molecular flexibility index (Phi) is 4.70. The van der Waals surface area contributed by atoms with Crippen LogP contribution in [0.3, 0.4) is 0 Å². The van der Waals surface area contributed by atoms with E-state index in [9.17, 15) is 13.6 Å². The van der Waals surface area contributed by atoms with Crippen molar-refractivity contribution < 1.29 is 13.6 Å². The number of carbonyl (C=O) groups excluding carboxylic acids is 1. The van der Waals surface area contributed by atoms with E-state index >= 15 is 0 Å². The predicted molar refractivity (Wildman–Crippen MR) is 73.3 cm³/mol. The summed E-state index contributed by atoms with van der Waals surface area (Å²) in [6.07, 6.45) is 5.40. The summed E-state index contributed by atoms with van der Waals surface area (Å²) in [5.74, 6) is -1.95. The molecule has 1 fully saturated rings. The lowest BCUT2D eigenvalue weighted by Gasteiger charge is -2.36. The second-order valence-electron chi connectivity index (χ2n) is 5.61. The normalized spacial score (nSPS) is 17.8. The van der Waals surface area contributed by atoms with Crippen molar-refractivity contribution in [3.05, 3.63) is 35.4 Å². The molecule has 1 aliphatic carbocycles.